The van der Waals surface area contributed by atoms with Crippen LogP contribution in [-0.4, -0.2) is 47.3 Å². The molecule has 3 rings (SSSR count). The van der Waals surface area contributed by atoms with Crippen LogP contribution in [-0.2, 0) is 14.3 Å². The van der Waals surface area contributed by atoms with Gasteiger partial charge in [-0.1, -0.05) is 23.8 Å². The lowest BCUT2D eigenvalue weighted by atomic mass is 9.96. The second-order valence-corrected chi connectivity index (χ2v) is 7.20. The molecule has 0 spiro atoms. The van der Waals surface area contributed by atoms with Crippen molar-refractivity contribution in [2.45, 2.75) is 39.2 Å². The molecule has 1 saturated heterocycles. The number of nitrogens with zero attached hydrogens (tertiary/aromatic N) is 1. The molecule has 1 atom stereocenters. The van der Waals surface area contributed by atoms with Gasteiger partial charge in [0.2, 0.25) is 5.78 Å². The highest BCUT2D eigenvalue weighted by Crippen LogP contribution is 2.42. The average molecular weight is 358 g/mol. The number of urea groups is 1. The van der Waals surface area contributed by atoms with Crippen molar-refractivity contribution in [2.75, 3.05) is 13.2 Å². The van der Waals surface area contributed by atoms with E-state index in [1.54, 1.807) is 13.0 Å². The number of hydrogen-bond donors (Lipinski definition) is 1. The molecule has 0 aromatic heterocycles. The first-order chi connectivity index (χ1) is 12.2. The number of carbonyl (C=O) groups excluding carboxylic acids is 4. The van der Waals surface area contributed by atoms with Crippen molar-refractivity contribution in [1.82, 2.24) is 10.2 Å². The fourth-order valence-electron chi connectivity index (χ4n) is 3.32. The van der Waals surface area contributed by atoms with Crippen LogP contribution in [0.25, 0.3) is 0 Å². The van der Waals surface area contributed by atoms with E-state index in [1.807, 2.05) is 26.0 Å². The number of ether oxygens (including phenoxy) is 1. The summed E-state index contributed by atoms with van der Waals surface area (Å²) in [7, 11) is 0. The summed E-state index contributed by atoms with van der Waals surface area (Å²) in [5.41, 5.74) is 1.39. The molecule has 138 valence electrons. The lowest BCUT2D eigenvalue weighted by Crippen LogP contribution is -2.46. The molecule has 26 heavy (non-hydrogen) atoms. The molecule has 1 N–H and O–H groups in total. The van der Waals surface area contributed by atoms with Crippen molar-refractivity contribution >= 4 is 23.7 Å². The van der Waals surface area contributed by atoms with Gasteiger partial charge in [0, 0.05) is 5.56 Å². The Morgan fingerprint density at radius 3 is 2.58 bits per heavy atom. The monoisotopic (exact) mass is 358 g/mol. The molecule has 0 unspecified atom stereocenters. The molecule has 2 fully saturated rings. The number of aryl methyl sites for hydroxylation is 2. The minimum Gasteiger partial charge on any atom is -0.456 e. The Balaban J connectivity index is 1.56. The lowest BCUT2D eigenvalue weighted by molar-refractivity contribution is -0.146. The van der Waals surface area contributed by atoms with Crippen molar-refractivity contribution in [3.05, 3.63) is 34.9 Å². The summed E-state index contributed by atoms with van der Waals surface area (Å²) in [4.78, 5) is 49.6. The largest absolute Gasteiger partial charge is 0.456 e. The molecule has 1 heterocycles. The third-order valence-corrected chi connectivity index (χ3v) is 5.03. The third kappa shape index (κ3) is 3.34. The number of hydrogen-bond acceptors (Lipinski definition) is 5. The molecule has 1 aromatic rings. The number of carbonyl (C=O) groups is 4. The second kappa shape index (κ2) is 6.55. The van der Waals surface area contributed by atoms with E-state index in [0.29, 0.717) is 5.56 Å². The van der Waals surface area contributed by atoms with Crippen LogP contribution in [0.1, 0.15) is 41.3 Å². The molecule has 3 amide bonds. The van der Waals surface area contributed by atoms with Gasteiger partial charge in [-0.3, -0.25) is 19.3 Å². The van der Waals surface area contributed by atoms with Crippen LogP contribution in [0.2, 0.25) is 0 Å². The van der Waals surface area contributed by atoms with Gasteiger partial charge >= 0.3 is 12.0 Å². The molecule has 2 aliphatic rings. The fraction of sp³-hybridized carbons (Fsp3) is 0.474. The first-order valence-corrected chi connectivity index (χ1v) is 8.62. The van der Waals surface area contributed by atoms with Crippen molar-refractivity contribution in [1.29, 1.82) is 0 Å². The molecule has 1 saturated carbocycles. The number of rotatable bonds is 6. The van der Waals surface area contributed by atoms with Gasteiger partial charge in [-0.25, -0.2) is 4.79 Å². The predicted molar refractivity (Wildman–Crippen MR) is 92.6 cm³/mol. The van der Waals surface area contributed by atoms with Crippen LogP contribution >= 0.6 is 0 Å². The zero-order valence-corrected chi connectivity index (χ0v) is 15.1. The SMILES string of the molecule is Cc1ccc(C(=O)COC(=O)CN2C(=O)N[C@@](C)(C3CC3)C2=O)c(C)c1. The first-order valence-electron chi connectivity index (χ1n) is 8.62. The average Bonchev–Trinajstić information content (AvgIpc) is 3.39. The first kappa shape index (κ1) is 18.1. The summed E-state index contributed by atoms with van der Waals surface area (Å²) < 4.78 is 4.98. The summed E-state index contributed by atoms with van der Waals surface area (Å²) >= 11 is 0. The second-order valence-electron chi connectivity index (χ2n) is 7.20. The number of nitrogens with one attached hydrogen (secondary N) is 1. The highest BCUT2D eigenvalue weighted by atomic mass is 16.5. The van der Waals surface area contributed by atoms with Gasteiger partial charge in [0.15, 0.2) is 6.61 Å². The zero-order chi connectivity index (χ0) is 19.1. The number of amides is 3. The summed E-state index contributed by atoms with van der Waals surface area (Å²) in [6.07, 6.45) is 1.76. The van der Waals surface area contributed by atoms with E-state index in [4.69, 9.17) is 4.74 Å². The number of esters is 1. The van der Waals surface area contributed by atoms with Crippen LogP contribution < -0.4 is 5.32 Å². The van der Waals surface area contributed by atoms with Crippen molar-refractivity contribution in [3.63, 3.8) is 0 Å². The Bertz CT molecular complexity index is 799. The quantitative estimate of drug-likeness (QED) is 0.475. The Hall–Kier alpha value is -2.70. The summed E-state index contributed by atoms with van der Waals surface area (Å²) in [5, 5.41) is 2.66. The van der Waals surface area contributed by atoms with Gasteiger partial charge < -0.3 is 10.1 Å². The van der Waals surface area contributed by atoms with Gasteiger partial charge in [-0.2, -0.15) is 0 Å². The Morgan fingerprint density at radius 1 is 1.27 bits per heavy atom. The lowest BCUT2D eigenvalue weighted by Gasteiger charge is -2.20. The summed E-state index contributed by atoms with van der Waals surface area (Å²) in [6.45, 7) is 4.50. The van der Waals surface area contributed by atoms with Gasteiger partial charge in [0.25, 0.3) is 5.91 Å². The smallest absolute Gasteiger partial charge is 0.326 e. The maximum absolute atomic E-state index is 12.5. The van der Waals surface area contributed by atoms with Crippen molar-refractivity contribution < 1.29 is 23.9 Å². The third-order valence-electron chi connectivity index (χ3n) is 5.03. The number of benzene rings is 1. The minimum atomic E-state index is -0.938. The van der Waals surface area contributed by atoms with Crippen LogP contribution in [0.5, 0.6) is 0 Å². The topological polar surface area (TPSA) is 92.8 Å². The van der Waals surface area contributed by atoms with E-state index < -0.39 is 36.6 Å². The Kier molecular flexibility index (Phi) is 4.56. The van der Waals surface area contributed by atoms with Crippen molar-refractivity contribution in [3.8, 4) is 0 Å². The molecule has 0 bridgehead atoms. The summed E-state index contributed by atoms with van der Waals surface area (Å²) in [6, 6.07) is 4.79. The highest BCUT2D eigenvalue weighted by molar-refractivity contribution is 6.09. The molecule has 0 radical (unpaired) electrons. The molecule has 1 aliphatic carbocycles. The molecule has 7 nitrogen and oxygen atoms in total. The summed E-state index contributed by atoms with van der Waals surface area (Å²) in [5.74, 6) is -1.41. The normalized spacial score (nSPS) is 22.3. The van der Waals surface area contributed by atoms with E-state index in [0.717, 1.165) is 28.9 Å². The van der Waals surface area contributed by atoms with Crippen molar-refractivity contribution in [2.24, 2.45) is 5.92 Å². The van der Waals surface area contributed by atoms with Crippen LogP contribution in [0, 0.1) is 19.8 Å². The van der Waals surface area contributed by atoms with Gasteiger partial charge in [-0.05, 0) is 45.1 Å². The molecule has 1 aromatic carbocycles. The van der Waals surface area contributed by atoms with E-state index in [2.05, 4.69) is 5.32 Å². The van der Waals surface area contributed by atoms with Gasteiger partial charge in [0.05, 0.1) is 0 Å². The van der Waals surface area contributed by atoms with E-state index in [1.165, 1.54) is 0 Å². The van der Waals surface area contributed by atoms with Crippen LogP contribution in [0.15, 0.2) is 18.2 Å². The van der Waals surface area contributed by atoms with Gasteiger partial charge in [0.1, 0.15) is 12.1 Å². The maximum atomic E-state index is 12.5. The van der Waals surface area contributed by atoms with Gasteiger partial charge in [-0.15, -0.1) is 0 Å². The standard InChI is InChI=1S/C19H22N2O5/c1-11-4-7-14(12(2)8-11)15(22)10-26-16(23)9-21-17(24)19(3,13-5-6-13)20-18(21)25/h4,7-8,13H,5-6,9-10H2,1-3H3,(H,20,25)/t19-/m0/s1. The molecule has 7 heteroatoms. The van der Waals surface area contributed by atoms with Crippen LogP contribution in [0.4, 0.5) is 4.79 Å². The molecule has 1 aliphatic heterocycles. The number of Topliss-reactive ketones (excluding diaryl/α,β-unsaturated/α-hetero) is 1. The zero-order valence-electron chi connectivity index (χ0n) is 15.1. The maximum Gasteiger partial charge on any atom is 0.326 e. The Morgan fingerprint density at radius 2 is 1.96 bits per heavy atom. The number of imide groups is 1. The van der Waals surface area contributed by atoms with E-state index in [-0.39, 0.29) is 11.7 Å². The molecular formula is C19H22N2O5. The minimum absolute atomic E-state index is 0.117. The highest BCUT2D eigenvalue weighted by Gasteiger charge is 2.56. The number of ketones is 1. The fourth-order valence-corrected chi connectivity index (χ4v) is 3.32. The molecular weight excluding hydrogens is 336 g/mol. The van der Waals surface area contributed by atoms with E-state index >= 15 is 0 Å². The Labute approximate surface area is 151 Å². The predicted octanol–water partition coefficient (Wildman–Crippen LogP) is 1.75. The van der Waals surface area contributed by atoms with Crippen LogP contribution in [0.3, 0.4) is 0 Å². The van der Waals surface area contributed by atoms with E-state index in [9.17, 15) is 19.2 Å².